The van der Waals surface area contributed by atoms with E-state index in [1.54, 1.807) is 19.1 Å². The lowest BCUT2D eigenvalue weighted by Crippen LogP contribution is -2.09. The van der Waals surface area contributed by atoms with Crippen molar-refractivity contribution in [3.63, 3.8) is 0 Å². The molecule has 1 aromatic heterocycles. The molecule has 0 bridgehead atoms. The highest BCUT2D eigenvalue weighted by Gasteiger charge is 2.37. The van der Waals surface area contributed by atoms with Crippen LogP contribution in [0.3, 0.4) is 0 Å². The first kappa shape index (κ1) is 13.7. The molecule has 102 valence electrons. The molecule has 0 spiro atoms. The van der Waals surface area contributed by atoms with E-state index in [2.05, 4.69) is 22.7 Å². The number of halogens is 3. The maximum absolute atomic E-state index is 12.5. The van der Waals surface area contributed by atoms with E-state index in [0.29, 0.717) is 10.6 Å². The minimum Gasteiger partial charge on any atom is -0.368 e. The minimum atomic E-state index is -4.62. The topological polar surface area (TPSA) is 56.7 Å². The molecule has 0 aliphatic rings. The Balaban J connectivity index is 2.60. The Hall–Kier alpha value is -1.70. The molecule has 0 fully saturated rings. The number of benzene rings is 1. The third kappa shape index (κ3) is 2.53. The van der Waals surface area contributed by atoms with Crippen LogP contribution in [0.4, 0.5) is 19.1 Å². The average Bonchev–Trinajstić information content (AvgIpc) is 2.65. The molecule has 1 heterocycles. The zero-order chi connectivity index (χ0) is 14.4. The smallest absolute Gasteiger partial charge is 0.368 e. The van der Waals surface area contributed by atoms with Gasteiger partial charge in [0.2, 0.25) is 5.95 Å². The number of nitrogens with two attached hydrogens (primary N) is 1. The number of nitrogen functional groups attached to an aromatic ring is 1. The lowest BCUT2D eigenvalue weighted by Gasteiger charge is -2.09. The van der Waals surface area contributed by atoms with Gasteiger partial charge in [0.05, 0.1) is 5.69 Å². The molecule has 0 saturated carbocycles. The van der Waals surface area contributed by atoms with Crippen LogP contribution in [0.5, 0.6) is 0 Å². The zero-order valence-electron chi connectivity index (χ0n) is 10.2. The van der Waals surface area contributed by atoms with Crippen molar-refractivity contribution in [1.82, 2.24) is 14.8 Å². The van der Waals surface area contributed by atoms with Crippen LogP contribution < -0.4 is 5.73 Å². The number of alkyl halides is 3. The van der Waals surface area contributed by atoms with Crippen LogP contribution in [0.25, 0.3) is 5.69 Å². The Morgan fingerprint density at radius 1 is 1.21 bits per heavy atom. The summed E-state index contributed by atoms with van der Waals surface area (Å²) < 4.78 is 38.6. The van der Waals surface area contributed by atoms with Gasteiger partial charge in [-0.3, -0.25) is 0 Å². The number of anilines is 1. The summed E-state index contributed by atoms with van der Waals surface area (Å²) in [7, 11) is 0. The Kier molecular flexibility index (Phi) is 3.21. The third-order valence-corrected chi connectivity index (χ3v) is 3.11. The molecule has 2 rings (SSSR count). The minimum absolute atomic E-state index is 0.313. The van der Waals surface area contributed by atoms with Gasteiger partial charge in [-0.15, -0.1) is 17.7 Å². The summed E-state index contributed by atoms with van der Waals surface area (Å²) in [5, 5.41) is 3.40. The quantitative estimate of drug-likeness (QED) is 0.793. The molecular formula is C11H11F3N4S. The lowest BCUT2D eigenvalue weighted by atomic mass is 10.1. The Morgan fingerprint density at radius 3 is 2.37 bits per heavy atom. The Bertz CT molecular complexity index is 634. The number of hydrogen-bond donors (Lipinski definition) is 2. The molecule has 19 heavy (non-hydrogen) atoms. The molecule has 0 radical (unpaired) electrons. The van der Waals surface area contributed by atoms with Crippen molar-refractivity contribution in [2.75, 3.05) is 5.73 Å². The number of rotatable bonds is 1. The van der Waals surface area contributed by atoms with Crippen molar-refractivity contribution in [2.45, 2.75) is 24.9 Å². The first-order valence-corrected chi connectivity index (χ1v) is 5.75. The second-order valence-electron chi connectivity index (χ2n) is 4.13. The van der Waals surface area contributed by atoms with Crippen LogP contribution in [0.15, 0.2) is 17.0 Å². The third-order valence-electron chi connectivity index (χ3n) is 2.63. The van der Waals surface area contributed by atoms with Crippen molar-refractivity contribution in [2.24, 2.45) is 0 Å². The predicted molar refractivity (Wildman–Crippen MR) is 67.5 cm³/mol. The van der Waals surface area contributed by atoms with Gasteiger partial charge in [0.15, 0.2) is 0 Å². The summed E-state index contributed by atoms with van der Waals surface area (Å²) >= 11 is 4.24. The molecule has 0 aliphatic carbocycles. The van der Waals surface area contributed by atoms with Crippen LogP contribution >= 0.6 is 12.6 Å². The summed E-state index contributed by atoms with van der Waals surface area (Å²) in [6, 6.07) is 3.41. The van der Waals surface area contributed by atoms with E-state index < -0.39 is 12.0 Å². The van der Waals surface area contributed by atoms with Crippen molar-refractivity contribution < 1.29 is 13.2 Å². The molecule has 0 saturated heterocycles. The molecule has 0 amide bonds. The van der Waals surface area contributed by atoms with Gasteiger partial charge in [-0.2, -0.15) is 22.8 Å². The van der Waals surface area contributed by atoms with E-state index in [1.807, 2.05) is 6.92 Å². The fourth-order valence-corrected chi connectivity index (χ4v) is 1.87. The Labute approximate surface area is 112 Å². The number of nitrogens with zero attached hydrogens (tertiary/aromatic N) is 3. The maximum Gasteiger partial charge on any atom is 0.453 e. The van der Waals surface area contributed by atoms with E-state index >= 15 is 0 Å². The van der Waals surface area contributed by atoms with Crippen LogP contribution in [-0.2, 0) is 6.18 Å². The summed E-state index contributed by atoms with van der Waals surface area (Å²) in [5.41, 5.74) is 7.57. The molecule has 0 aliphatic heterocycles. The lowest BCUT2D eigenvalue weighted by molar-refractivity contribution is -0.144. The fraction of sp³-hybridized carbons (Fsp3) is 0.273. The van der Waals surface area contributed by atoms with E-state index in [4.69, 9.17) is 5.73 Å². The first-order chi connectivity index (χ1) is 8.70. The fourth-order valence-electron chi connectivity index (χ4n) is 1.68. The van der Waals surface area contributed by atoms with Crippen LogP contribution in [0, 0.1) is 13.8 Å². The van der Waals surface area contributed by atoms with Crippen LogP contribution in [-0.4, -0.2) is 14.8 Å². The highest BCUT2D eigenvalue weighted by atomic mass is 32.1. The average molecular weight is 288 g/mol. The van der Waals surface area contributed by atoms with Crippen molar-refractivity contribution >= 4 is 18.6 Å². The van der Waals surface area contributed by atoms with Gasteiger partial charge >= 0.3 is 6.18 Å². The van der Waals surface area contributed by atoms with Crippen molar-refractivity contribution in [1.29, 1.82) is 0 Å². The monoisotopic (exact) mass is 288 g/mol. The predicted octanol–water partition coefficient (Wildman–Crippen LogP) is 2.77. The molecule has 2 N–H and O–H groups in total. The largest absolute Gasteiger partial charge is 0.453 e. The molecule has 4 nitrogen and oxygen atoms in total. The zero-order valence-corrected chi connectivity index (χ0v) is 11.0. The molecule has 8 heteroatoms. The van der Waals surface area contributed by atoms with Gasteiger partial charge in [-0.05, 0) is 31.0 Å². The van der Waals surface area contributed by atoms with Crippen LogP contribution in [0.2, 0.25) is 0 Å². The summed E-state index contributed by atoms with van der Waals surface area (Å²) in [4.78, 5) is 3.87. The van der Waals surface area contributed by atoms with E-state index in [-0.39, 0.29) is 5.95 Å². The maximum atomic E-state index is 12.5. The van der Waals surface area contributed by atoms with E-state index in [9.17, 15) is 13.2 Å². The number of aryl methyl sites for hydroxylation is 2. The highest BCUT2D eigenvalue weighted by molar-refractivity contribution is 7.80. The molecule has 1 aromatic carbocycles. The molecule has 0 atom stereocenters. The number of thiol groups is 1. The molecule has 0 unspecified atom stereocenters. The summed E-state index contributed by atoms with van der Waals surface area (Å²) in [6.45, 7) is 3.61. The summed E-state index contributed by atoms with van der Waals surface area (Å²) in [5.74, 6) is -1.57. The molecular weight excluding hydrogens is 277 g/mol. The van der Waals surface area contributed by atoms with Gasteiger partial charge in [0, 0.05) is 4.90 Å². The first-order valence-electron chi connectivity index (χ1n) is 5.30. The molecule has 2 aromatic rings. The highest BCUT2D eigenvalue weighted by Crippen LogP contribution is 2.29. The second kappa shape index (κ2) is 4.44. The van der Waals surface area contributed by atoms with Gasteiger partial charge in [0.1, 0.15) is 0 Å². The summed E-state index contributed by atoms with van der Waals surface area (Å²) in [6.07, 6.45) is -4.62. The van der Waals surface area contributed by atoms with E-state index in [1.165, 1.54) is 0 Å². The van der Waals surface area contributed by atoms with Crippen molar-refractivity contribution in [3.05, 3.63) is 29.1 Å². The number of aromatic nitrogens is 3. The SMILES string of the molecule is Cc1cc(C)c(-n2nc(C(F)(F)F)nc2N)cc1S. The van der Waals surface area contributed by atoms with E-state index in [0.717, 1.165) is 15.8 Å². The van der Waals surface area contributed by atoms with Crippen molar-refractivity contribution in [3.8, 4) is 5.69 Å². The number of hydrogen-bond acceptors (Lipinski definition) is 4. The van der Waals surface area contributed by atoms with Gasteiger partial charge in [-0.25, -0.2) is 0 Å². The second-order valence-corrected chi connectivity index (χ2v) is 4.61. The van der Waals surface area contributed by atoms with Gasteiger partial charge in [0.25, 0.3) is 5.82 Å². The van der Waals surface area contributed by atoms with Gasteiger partial charge < -0.3 is 5.73 Å². The van der Waals surface area contributed by atoms with Crippen LogP contribution in [0.1, 0.15) is 17.0 Å². The normalized spacial score (nSPS) is 11.9. The standard InChI is InChI=1S/C11H11F3N4S/c1-5-3-6(2)8(19)4-7(5)18-10(15)16-9(17-18)11(12,13)14/h3-4,19H,1-2H3,(H2,15,16,17). The Morgan fingerprint density at radius 2 is 1.84 bits per heavy atom. The van der Waals surface area contributed by atoms with Gasteiger partial charge in [-0.1, -0.05) is 6.07 Å².